The van der Waals surface area contributed by atoms with Crippen molar-refractivity contribution in [2.24, 2.45) is 0 Å². The highest BCUT2D eigenvalue weighted by molar-refractivity contribution is 6.30. The van der Waals surface area contributed by atoms with Gasteiger partial charge in [0.15, 0.2) is 6.61 Å². The van der Waals surface area contributed by atoms with Crippen LogP contribution in [0.2, 0.25) is 5.02 Å². The quantitative estimate of drug-likeness (QED) is 0.314. The normalized spacial score (nSPS) is 13.4. The first-order valence-corrected chi connectivity index (χ1v) is 12.3. The van der Waals surface area contributed by atoms with Crippen LogP contribution in [0.4, 0.5) is 0 Å². The summed E-state index contributed by atoms with van der Waals surface area (Å²) in [4.78, 5) is 30.6. The number of rotatable bonds is 7. The van der Waals surface area contributed by atoms with Gasteiger partial charge in [-0.2, -0.15) is 0 Å². The molecule has 0 bridgehead atoms. The van der Waals surface area contributed by atoms with E-state index < -0.39 is 5.97 Å². The van der Waals surface area contributed by atoms with E-state index in [1.807, 2.05) is 72.8 Å². The highest BCUT2D eigenvalue weighted by Crippen LogP contribution is 2.37. The molecule has 1 heterocycles. The number of carbonyl (C=O) groups excluding carboxylic acids is 2. The van der Waals surface area contributed by atoms with Gasteiger partial charge in [-0.25, -0.2) is 9.78 Å². The summed E-state index contributed by atoms with van der Waals surface area (Å²) >= 11 is 6.03. The summed E-state index contributed by atoms with van der Waals surface area (Å²) in [6.07, 6.45) is 3.50. The van der Waals surface area contributed by atoms with E-state index in [4.69, 9.17) is 26.1 Å². The fourth-order valence-electron chi connectivity index (χ4n) is 4.47. The molecule has 0 atom stereocenters. The number of hydrogen-bond acceptors (Lipinski definition) is 5. The molecule has 7 heteroatoms. The number of benzene rings is 3. The number of pyridine rings is 1. The number of nitrogens with one attached hydrogen (secondary N) is 1. The van der Waals surface area contributed by atoms with Crippen LogP contribution in [0.15, 0.2) is 72.8 Å². The van der Waals surface area contributed by atoms with Crippen molar-refractivity contribution in [3.63, 3.8) is 0 Å². The molecule has 0 fully saturated rings. The van der Waals surface area contributed by atoms with Gasteiger partial charge in [0.2, 0.25) is 0 Å². The van der Waals surface area contributed by atoms with E-state index in [-0.39, 0.29) is 12.5 Å². The summed E-state index contributed by atoms with van der Waals surface area (Å²) in [7, 11) is 1.60. The van der Waals surface area contributed by atoms with Crippen LogP contribution in [0.3, 0.4) is 0 Å². The topological polar surface area (TPSA) is 77.5 Å². The molecule has 6 nitrogen and oxygen atoms in total. The van der Waals surface area contributed by atoms with Crippen LogP contribution in [0.5, 0.6) is 5.75 Å². The fourth-order valence-corrected chi connectivity index (χ4v) is 4.60. The van der Waals surface area contributed by atoms with Crippen LogP contribution in [0.25, 0.3) is 22.6 Å². The largest absolute Gasteiger partial charge is 0.497 e. The average molecular weight is 513 g/mol. The van der Waals surface area contributed by atoms with Gasteiger partial charge in [-0.05, 0) is 71.5 Å². The molecule has 37 heavy (non-hydrogen) atoms. The highest BCUT2D eigenvalue weighted by atomic mass is 35.5. The second-order valence-electron chi connectivity index (χ2n) is 8.75. The molecule has 0 unspecified atom stereocenters. The Bertz CT molecular complexity index is 1500. The van der Waals surface area contributed by atoms with Crippen molar-refractivity contribution < 1.29 is 19.1 Å². The van der Waals surface area contributed by atoms with Crippen molar-refractivity contribution in [3.8, 4) is 5.75 Å². The fraction of sp³-hybridized carbons (Fsp3) is 0.167. The molecule has 0 saturated carbocycles. The number of carbonyl (C=O) groups is 2. The molecular formula is C30H25ClN2O4. The van der Waals surface area contributed by atoms with Crippen molar-refractivity contribution >= 4 is 46.0 Å². The molecule has 0 radical (unpaired) electrons. The molecule has 0 spiro atoms. The van der Waals surface area contributed by atoms with Crippen LogP contribution in [0.1, 0.15) is 39.2 Å². The summed E-state index contributed by atoms with van der Waals surface area (Å²) < 4.78 is 10.6. The molecule has 5 rings (SSSR count). The maximum atomic E-state index is 13.3. The number of amides is 1. The number of para-hydroxylation sites is 1. The van der Waals surface area contributed by atoms with Gasteiger partial charge in [-0.1, -0.05) is 54.1 Å². The van der Waals surface area contributed by atoms with Gasteiger partial charge in [0.25, 0.3) is 5.91 Å². The first-order valence-electron chi connectivity index (χ1n) is 12.0. The monoisotopic (exact) mass is 512 g/mol. The Morgan fingerprint density at radius 2 is 1.76 bits per heavy atom. The molecule has 0 aliphatic heterocycles. The van der Waals surface area contributed by atoms with Gasteiger partial charge in [-0.3, -0.25) is 4.79 Å². The van der Waals surface area contributed by atoms with Crippen molar-refractivity contribution in [2.45, 2.75) is 19.4 Å². The Hall–Kier alpha value is -4.16. The van der Waals surface area contributed by atoms with Gasteiger partial charge >= 0.3 is 5.97 Å². The van der Waals surface area contributed by atoms with Gasteiger partial charge < -0.3 is 14.8 Å². The number of methoxy groups -OCH3 is 1. The van der Waals surface area contributed by atoms with Crippen LogP contribution in [-0.2, 0) is 22.5 Å². The van der Waals surface area contributed by atoms with E-state index in [2.05, 4.69) is 11.4 Å². The van der Waals surface area contributed by atoms with Crippen LogP contribution in [0, 0.1) is 0 Å². The van der Waals surface area contributed by atoms with Crippen LogP contribution >= 0.6 is 11.6 Å². The van der Waals surface area contributed by atoms with E-state index in [0.717, 1.165) is 45.5 Å². The number of allylic oxidation sites excluding steroid dienone is 1. The first-order chi connectivity index (χ1) is 18.0. The average Bonchev–Trinajstić information content (AvgIpc) is 3.32. The maximum Gasteiger partial charge on any atom is 0.339 e. The van der Waals surface area contributed by atoms with Gasteiger partial charge in [0.05, 0.1) is 23.9 Å². The molecular weight excluding hydrogens is 488 g/mol. The van der Waals surface area contributed by atoms with Crippen LogP contribution < -0.4 is 10.1 Å². The number of nitrogens with zero attached hydrogens (tertiary/aromatic N) is 1. The van der Waals surface area contributed by atoms with E-state index >= 15 is 0 Å². The minimum atomic E-state index is -0.526. The molecule has 1 N–H and O–H groups in total. The Morgan fingerprint density at radius 3 is 2.51 bits per heavy atom. The van der Waals surface area contributed by atoms with Gasteiger partial charge in [-0.15, -0.1) is 0 Å². The van der Waals surface area contributed by atoms with E-state index in [0.29, 0.717) is 29.1 Å². The number of halogens is 1. The number of fused-ring (bicyclic) bond motifs is 2. The molecule has 1 aliphatic carbocycles. The summed E-state index contributed by atoms with van der Waals surface area (Å²) in [6.45, 7) is -0.0410. The number of aromatic nitrogens is 1. The Morgan fingerprint density at radius 1 is 1.00 bits per heavy atom. The maximum absolute atomic E-state index is 13.3. The van der Waals surface area contributed by atoms with Crippen LogP contribution in [-0.4, -0.2) is 30.6 Å². The number of ether oxygens (including phenoxy) is 2. The molecule has 1 amide bonds. The second kappa shape index (κ2) is 10.8. The predicted molar refractivity (Wildman–Crippen MR) is 145 cm³/mol. The SMILES string of the molecule is COc1ccc(CNC(=O)COC(=O)c2c3c(nc4ccccc24)C(=Cc2ccc(Cl)cc2)CC3)cc1. The Labute approximate surface area is 219 Å². The zero-order chi connectivity index (χ0) is 25.8. The van der Waals surface area contributed by atoms with Crippen molar-refractivity contribution in [3.05, 3.63) is 106 Å². The van der Waals surface area contributed by atoms with Gasteiger partial charge in [0.1, 0.15) is 5.75 Å². The summed E-state index contributed by atoms with van der Waals surface area (Å²) in [6, 6.07) is 22.5. The molecule has 186 valence electrons. The third kappa shape index (κ3) is 5.49. The minimum Gasteiger partial charge on any atom is -0.497 e. The zero-order valence-corrected chi connectivity index (χ0v) is 21.0. The lowest BCUT2D eigenvalue weighted by Crippen LogP contribution is -2.28. The molecule has 1 aliphatic rings. The lowest BCUT2D eigenvalue weighted by Gasteiger charge is -2.12. The number of hydrogen-bond donors (Lipinski definition) is 1. The Kier molecular flexibility index (Phi) is 7.19. The third-order valence-electron chi connectivity index (χ3n) is 6.34. The second-order valence-corrected chi connectivity index (χ2v) is 9.19. The predicted octanol–water partition coefficient (Wildman–Crippen LogP) is 5.86. The first kappa shape index (κ1) is 24.5. The minimum absolute atomic E-state index is 0.326. The molecule has 4 aromatic rings. The summed E-state index contributed by atoms with van der Waals surface area (Å²) in [5, 5.41) is 4.18. The van der Waals surface area contributed by atoms with Crippen molar-refractivity contribution in [2.75, 3.05) is 13.7 Å². The Balaban J connectivity index is 1.34. The molecule has 3 aromatic carbocycles. The van der Waals surface area contributed by atoms with Gasteiger partial charge in [0, 0.05) is 17.0 Å². The molecule has 1 aromatic heterocycles. The lowest BCUT2D eigenvalue weighted by atomic mass is 10.0. The van der Waals surface area contributed by atoms with E-state index in [9.17, 15) is 9.59 Å². The highest BCUT2D eigenvalue weighted by Gasteiger charge is 2.28. The zero-order valence-electron chi connectivity index (χ0n) is 20.3. The van der Waals surface area contributed by atoms with E-state index in [1.54, 1.807) is 7.11 Å². The third-order valence-corrected chi connectivity index (χ3v) is 6.59. The van der Waals surface area contributed by atoms with E-state index in [1.165, 1.54) is 0 Å². The summed E-state index contributed by atoms with van der Waals surface area (Å²) in [5.41, 5.74) is 5.81. The van der Waals surface area contributed by atoms with Crippen molar-refractivity contribution in [1.82, 2.24) is 10.3 Å². The van der Waals surface area contributed by atoms with Crippen molar-refractivity contribution in [1.29, 1.82) is 0 Å². The standard InChI is InChI=1S/C30H25ClN2O4/c1-36-23-13-8-20(9-14-23)17-32-27(34)18-37-30(35)28-24-4-2-3-5-26(24)33-29-21(10-15-25(28)29)16-19-6-11-22(31)12-7-19/h2-9,11-14,16H,10,15,17-18H2,1H3,(H,32,34). The smallest absolute Gasteiger partial charge is 0.339 e. The lowest BCUT2D eigenvalue weighted by molar-refractivity contribution is -0.124. The molecule has 0 saturated heterocycles. The summed E-state index contributed by atoms with van der Waals surface area (Å²) in [5.74, 6) is -0.156. The number of esters is 1.